The van der Waals surface area contributed by atoms with E-state index in [9.17, 15) is 0 Å². The molecule has 0 saturated heterocycles. The topological polar surface area (TPSA) is 69.6 Å². The van der Waals surface area contributed by atoms with Crippen LogP contribution in [0.4, 0.5) is 5.69 Å². The molecule has 6 heteroatoms. The smallest absolute Gasteiger partial charge is 0.197 e. The summed E-state index contributed by atoms with van der Waals surface area (Å²) < 4.78 is 1.93. The maximum atomic E-state index is 5.71. The van der Waals surface area contributed by atoms with Crippen molar-refractivity contribution in [3.05, 3.63) is 23.7 Å². The largest absolute Gasteiger partial charge is 0.397 e. The van der Waals surface area contributed by atoms with Gasteiger partial charge in [-0.2, -0.15) is 0 Å². The third kappa shape index (κ3) is 2.01. The van der Waals surface area contributed by atoms with Crippen LogP contribution in [0.25, 0.3) is 0 Å². The molecule has 2 heterocycles. The predicted molar refractivity (Wildman–Crippen MR) is 63.2 cm³/mol. The van der Waals surface area contributed by atoms with Gasteiger partial charge >= 0.3 is 0 Å². The first-order chi connectivity index (χ1) is 7.58. The second-order valence-electron chi connectivity index (χ2n) is 3.51. The van der Waals surface area contributed by atoms with Crippen molar-refractivity contribution in [3.63, 3.8) is 0 Å². The first-order valence-corrected chi connectivity index (χ1v) is 5.66. The van der Waals surface area contributed by atoms with Crippen molar-refractivity contribution in [2.24, 2.45) is 7.05 Å². The van der Waals surface area contributed by atoms with Gasteiger partial charge in [0.2, 0.25) is 0 Å². The zero-order valence-corrected chi connectivity index (χ0v) is 10.2. The van der Waals surface area contributed by atoms with Crippen LogP contribution in [0.15, 0.2) is 22.3 Å². The van der Waals surface area contributed by atoms with Gasteiger partial charge in [0.15, 0.2) is 5.16 Å². The van der Waals surface area contributed by atoms with Crippen LogP contribution in [-0.2, 0) is 7.05 Å². The van der Waals surface area contributed by atoms with Crippen LogP contribution in [0.3, 0.4) is 0 Å². The Bertz CT molecular complexity index is 520. The minimum Gasteiger partial charge on any atom is -0.397 e. The number of aryl methyl sites for hydroxylation is 2. The van der Waals surface area contributed by atoms with Crippen molar-refractivity contribution < 1.29 is 0 Å². The third-order valence-corrected chi connectivity index (χ3v) is 3.32. The zero-order valence-electron chi connectivity index (χ0n) is 9.43. The summed E-state index contributed by atoms with van der Waals surface area (Å²) in [7, 11) is 1.93. The molecule has 0 radical (unpaired) electrons. The lowest BCUT2D eigenvalue weighted by atomic mass is 10.3. The van der Waals surface area contributed by atoms with Crippen molar-refractivity contribution in [2.45, 2.75) is 24.0 Å². The van der Waals surface area contributed by atoms with Crippen LogP contribution in [0.1, 0.15) is 11.5 Å². The molecule has 2 aromatic heterocycles. The van der Waals surface area contributed by atoms with Crippen LogP contribution in [-0.4, -0.2) is 19.7 Å². The van der Waals surface area contributed by atoms with Gasteiger partial charge in [-0.15, -0.1) is 10.2 Å². The summed E-state index contributed by atoms with van der Waals surface area (Å²) in [6, 6.07) is 3.74. The Kier molecular flexibility index (Phi) is 2.82. The molecule has 2 rings (SSSR count). The molecule has 2 aromatic rings. The van der Waals surface area contributed by atoms with Crippen molar-refractivity contribution in [2.75, 3.05) is 5.73 Å². The second-order valence-corrected chi connectivity index (χ2v) is 4.50. The third-order valence-electron chi connectivity index (χ3n) is 2.35. The zero-order chi connectivity index (χ0) is 11.7. The van der Waals surface area contributed by atoms with Crippen LogP contribution >= 0.6 is 11.8 Å². The van der Waals surface area contributed by atoms with Gasteiger partial charge in [0.1, 0.15) is 10.9 Å². The Balaban J connectivity index is 2.27. The Morgan fingerprint density at radius 2 is 2.00 bits per heavy atom. The van der Waals surface area contributed by atoms with Crippen molar-refractivity contribution >= 4 is 17.4 Å². The average Bonchev–Trinajstić information content (AvgIpc) is 2.55. The van der Waals surface area contributed by atoms with Gasteiger partial charge in [-0.25, -0.2) is 4.98 Å². The van der Waals surface area contributed by atoms with E-state index in [1.807, 2.05) is 37.6 Å². The standard InChI is InChI=1S/C10H13N5S/c1-6-8(11)4-5-9(12-6)16-10-14-13-7(2)15(10)3/h4-5H,11H2,1-3H3. The van der Waals surface area contributed by atoms with Crippen LogP contribution in [0.2, 0.25) is 0 Å². The molecule has 0 aromatic carbocycles. The normalized spacial score (nSPS) is 10.7. The van der Waals surface area contributed by atoms with E-state index in [1.54, 1.807) is 0 Å². The first-order valence-electron chi connectivity index (χ1n) is 4.85. The number of hydrogen-bond acceptors (Lipinski definition) is 5. The summed E-state index contributed by atoms with van der Waals surface area (Å²) in [5.74, 6) is 0.884. The van der Waals surface area contributed by atoms with E-state index in [1.165, 1.54) is 11.8 Å². The quantitative estimate of drug-likeness (QED) is 0.855. The number of nitrogens with zero attached hydrogens (tertiary/aromatic N) is 4. The molecule has 0 spiro atoms. The molecule has 2 N–H and O–H groups in total. The number of hydrogen-bond donors (Lipinski definition) is 1. The molecule has 0 fully saturated rings. The number of pyridine rings is 1. The summed E-state index contributed by atoms with van der Waals surface area (Å²) in [6.07, 6.45) is 0. The molecule has 0 aliphatic heterocycles. The van der Waals surface area contributed by atoms with E-state index in [0.717, 1.165) is 21.7 Å². The summed E-state index contributed by atoms with van der Waals surface area (Å²) in [4.78, 5) is 4.38. The maximum absolute atomic E-state index is 5.71. The molecular weight excluding hydrogens is 222 g/mol. The van der Waals surface area contributed by atoms with Gasteiger partial charge in [-0.05, 0) is 37.7 Å². The Labute approximate surface area is 98.1 Å². The Hall–Kier alpha value is -1.56. The number of nitrogens with two attached hydrogens (primary N) is 1. The second kappa shape index (κ2) is 4.13. The molecule has 0 unspecified atom stereocenters. The lowest BCUT2D eigenvalue weighted by molar-refractivity contribution is 0.764. The molecule has 0 aliphatic rings. The van der Waals surface area contributed by atoms with Gasteiger partial charge in [-0.3, -0.25) is 0 Å². The highest BCUT2D eigenvalue weighted by Gasteiger charge is 2.08. The van der Waals surface area contributed by atoms with Crippen molar-refractivity contribution in [1.82, 2.24) is 19.7 Å². The lowest BCUT2D eigenvalue weighted by Crippen LogP contribution is -1.96. The SMILES string of the molecule is Cc1nc(Sc2nnc(C)n2C)ccc1N. The highest BCUT2D eigenvalue weighted by molar-refractivity contribution is 7.99. The average molecular weight is 235 g/mol. The lowest BCUT2D eigenvalue weighted by Gasteiger charge is -2.03. The fraction of sp³-hybridized carbons (Fsp3) is 0.300. The van der Waals surface area contributed by atoms with Crippen LogP contribution < -0.4 is 5.73 Å². The fourth-order valence-corrected chi connectivity index (χ4v) is 2.03. The predicted octanol–water partition coefficient (Wildman–Crippen LogP) is 1.56. The van der Waals surface area contributed by atoms with E-state index < -0.39 is 0 Å². The molecule has 0 amide bonds. The summed E-state index contributed by atoms with van der Waals surface area (Å²) in [6.45, 7) is 3.81. The van der Waals surface area contributed by atoms with Crippen LogP contribution in [0.5, 0.6) is 0 Å². The van der Waals surface area contributed by atoms with Gasteiger partial charge in [0, 0.05) is 7.05 Å². The van der Waals surface area contributed by atoms with E-state index in [4.69, 9.17) is 5.73 Å². The highest BCUT2D eigenvalue weighted by Crippen LogP contribution is 2.25. The highest BCUT2D eigenvalue weighted by atomic mass is 32.2. The molecule has 0 saturated carbocycles. The Morgan fingerprint density at radius 3 is 2.56 bits per heavy atom. The van der Waals surface area contributed by atoms with E-state index in [0.29, 0.717) is 5.69 Å². The molecule has 5 nitrogen and oxygen atoms in total. The van der Waals surface area contributed by atoms with E-state index in [2.05, 4.69) is 15.2 Å². The molecule has 0 aliphatic carbocycles. The van der Waals surface area contributed by atoms with Crippen molar-refractivity contribution in [3.8, 4) is 0 Å². The van der Waals surface area contributed by atoms with E-state index in [-0.39, 0.29) is 0 Å². The monoisotopic (exact) mass is 235 g/mol. The Morgan fingerprint density at radius 1 is 1.25 bits per heavy atom. The maximum Gasteiger partial charge on any atom is 0.197 e. The molecule has 0 atom stereocenters. The van der Waals surface area contributed by atoms with E-state index >= 15 is 0 Å². The number of rotatable bonds is 2. The summed E-state index contributed by atoms with van der Waals surface area (Å²) >= 11 is 1.48. The van der Waals surface area contributed by atoms with Gasteiger partial charge in [0.25, 0.3) is 0 Å². The minimum atomic E-state index is 0.707. The number of anilines is 1. The first kappa shape index (κ1) is 10.9. The molecule has 0 bridgehead atoms. The van der Waals surface area contributed by atoms with Crippen LogP contribution in [0, 0.1) is 13.8 Å². The molecule has 16 heavy (non-hydrogen) atoms. The molecular formula is C10H13N5S. The fourth-order valence-electron chi connectivity index (χ4n) is 1.18. The summed E-state index contributed by atoms with van der Waals surface area (Å²) in [5, 5.41) is 9.76. The van der Waals surface area contributed by atoms with Gasteiger partial charge in [-0.1, -0.05) is 0 Å². The number of aromatic nitrogens is 4. The number of nitrogen functional groups attached to an aromatic ring is 1. The van der Waals surface area contributed by atoms with Gasteiger partial charge < -0.3 is 10.3 Å². The van der Waals surface area contributed by atoms with Gasteiger partial charge in [0.05, 0.1) is 11.4 Å². The molecule has 84 valence electrons. The van der Waals surface area contributed by atoms with Crippen molar-refractivity contribution in [1.29, 1.82) is 0 Å². The summed E-state index contributed by atoms with van der Waals surface area (Å²) in [5.41, 5.74) is 7.26. The minimum absolute atomic E-state index is 0.707.